The summed E-state index contributed by atoms with van der Waals surface area (Å²) in [6.07, 6.45) is -1.36. The lowest BCUT2D eigenvalue weighted by Crippen LogP contribution is -2.26. The number of benzene rings is 2. The van der Waals surface area contributed by atoms with Crippen molar-refractivity contribution in [3.05, 3.63) is 65.5 Å². The summed E-state index contributed by atoms with van der Waals surface area (Å²) in [6, 6.07) is 11.6. The molecule has 1 atom stereocenters. The lowest BCUT2D eigenvalue weighted by Gasteiger charge is -2.15. The van der Waals surface area contributed by atoms with Gasteiger partial charge in [-0.15, -0.1) is 0 Å². The Hall–Kier alpha value is -3.22. The number of nitrogens with one attached hydrogen (secondary N) is 1. The number of hydrogen-bond donors (Lipinski definition) is 2. The molecule has 0 aliphatic carbocycles. The van der Waals surface area contributed by atoms with Gasteiger partial charge in [0.2, 0.25) is 12.0 Å². The molecule has 3 N–H and O–H groups in total. The van der Waals surface area contributed by atoms with Crippen LogP contribution in [-0.4, -0.2) is 17.8 Å². The van der Waals surface area contributed by atoms with E-state index >= 15 is 0 Å². The SMILES string of the molecule is CC(=O)Nc1ccc(CC(=O)O[C@H](C(N)=O)c2ccc(F)cc2)cc1. The van der Waals surface area contributed by atoms with E-state index < -0.39 is 23.8 Å². The molecule has 2 amide bonds. The van der Waals surface area contributed by atoms with Crippen molar-refractivity contribution in [3.8, 4) is 0 Å². The highest BCUT2D eigenvalue weighted by Crippen LogP contribution is 2.19. The molecule has 6 nitrogen and oxygen atoms in total. The van der Waals surface area contributed by atoms with Crippen LogP contribution in [0.15, 0.2) is 48.5 Å². The van der Waals surface area contributed by atoms with Crippen LogP contribution in [0.2, 0.25) is 0 Å². The van der Waals surface area contributed by atoms with Crippen molar-refractivity contribution in [1.82, 2.24) is 0 Å². The van der Waals surface area contributed by atoms with Gasteiger partial charge in [-0.2, -0.15) is 0 Å². The summed E-state index contributed by atoms with van der Waals surface area (Å²) in [6.45, 7) is 1.39. The van der Waals surface area contributed by atoms with Crippen LogP contribution in [0.25, 0.3) is 0 Å². The molecule has 25 heavy (non-hydrogen) atoms. The summed E-state index contributed by atoms with van der Waals surface area (Å²) in [5.41, 5.74) is 6.80. The Morgan fingerprint density at radius 1 is 1.08 bits per heavy atom. The Kier molecular flexibility index (Phi) is 5.84. The molecule has 0 aromatic heterocycles. The van der Waals surface area contributed by atoms with Crippen LogP contribution in [0.5, 0.6) is 0 Å². The third kappa shape index (κ3) is 5.42. The topological polar surface area (TPSA) is 98.5 Å². The average molecular weight is 344 g/mol. The van der Waals surface area contributed by atoms with Crippen molar-refractivity contribution in [2.24, 2.45) is 5.73 Å². The first kappa shape index (κ1) is 18.1. The van der Waals surface area contributed by atoms with Gasteiger partial charge in [-0.05, 0) is 29.8 Å². The summed E-state index contributed by atoms with van der Waals surface area (Å²) in [5, 5.41) is 2.61. The molecule has 0 aliphatic heterocycles. The third-order valence-electron chi connectivity index (χ3n) is 3.30. The maximum Gasteiger partial charge on any atom is 0.311 e. The highest BCUT2D eigenvalue weighted by atomic mass is 19.1. The smallest absolute Gasteiger partial charge is 0.311 e. The molecule has 2 aromatic carbocycles. The van der Waals surface area contributed by atoms with E-state index in [0.717, 1.165) is 12.1 Å². The summed E-state index contributed by atoms with van der Waals surface area (Å²) in [4.78, 5) is 34.6. The predicted octanol–water partition coefficient (Wildman–Crippen LogP) is 2.10. The number of amides is 2. The lowest BCUT2D eigenvalue weighted by molar-refractivity contribution is -0.154. The number of primary amides is 1. The Balaban J connectivity index is 2.02. The first-order valence-corrected chi connectivity index (χ1v) is 7.46. The summed E-state index contributed by atoms with van der Waals surface area (Å²) >= 11 is 0. The van der Waals surface area contributed by atoms with Crippen LogP contribution in [0.4, 0.5) is 10.1 Å². The molecule has 0 heterocycles. The molecule has 0 bridgehead atoms. The molecule has 2 aromatic rings. The van der Waals surface area contributed by atoms with E-state index in [1.54, 1.807) is 24.3 Å². The number of carbonyl (C=O) groups excluding carboxylic acids is 3. The van der Waals surface area contributed by atoms with Gasteiger partial charge in [-0.1, -0.05) is 24.3 Å². The third-order valence-corrected chi connectivity index (χ3v) is 3.30. The van der Waals surface area contributed by atoms with Crippen LogP contribution < -0.4 is 11.1 Å². The second kappa shape index (κ2) is 8.05. The molecule has 130 valence electrons. The molecule has 0 aliphatic rings. The summed E-state index contributed by atoms with van der Waals surface area (Å²) < 4.78 is 18.1. The maximum absolute atomic E-state index is 13.0. The van der Waals surface area contributed by atoms with Crippen molar-refractivity contribution in [2.75, 3.05) is 5.32 Å². The summed E-state index contributed by atoms with van der Waals surface area (Å²) in [7, 11) is 0. The van der Waals surface area contributed by atoms with Gasteiger partial charge < -0.3 is 15.8 Å². The number of anilines is 1. The number of rotatable bonds is 6. The molecular formula is C18H17FN2O4. The zero-order valence-corrected chi connectivity index (χ0v) is 13.5. The van der Waals surface area contributed by atoms with Crippen LogP contribution in [0.1, 0.15) is 24.2 Å². The summed E-state index contributed by atoms with van der Waals surface area (Å²) in [5.74, 6) is -2.17. The van der Waals surface area contributed by atoms with Crippen LogP contribution >= 0.6 is 0 Å². The van der Waals surface area contributed by atoms with Gasteiger partial charge in [0.1, 0.15) is 5.82 Å². The normalized spacial score (nSPS) is 11.4. The Morgan fingerprint density at radius 3 is 2.20 bits per heavy atom. The quantitative estimate of drug-likeness (QED) is 0.784. The van der Waals surface area contributed by atoms with Gasteiger partial charge in [0, 0.05) is 18.2 Å². The highest BCUT2D eigenvalue weighted by Gasteiger charge is 2.22. The number of ether oxygens (including phenoxy) is 1. The van der Waals surface area contributed by atoms with E-state index in [1.165, 1.54) is 19.1 Å². The minimum Gasteiger partial charge on any atom is -0.447 e. The van der Waals surface area contributed by atoms with Gasteiger partial charge >= 0.3 is 5.97 Å². The van der Waals surface area contributed by atoms with Gasteiger partial charge in [0.05, 0.1) is 6.42 Å². The maximum atomic E-state index is 13.0. The molecular weight excluding hydrogens is 327 g/mol. The van der Waals surface area contributed by atoms with E-state index in [2.05, 4.69) is 5.32 Å². The number of esters is 1. The van der Waals surface area contributed by atoms with Gasteiger partial charge in [-0.3, -0.25) is 14.4 Å². The number of carbonyl (C=O) groups is 3. The second-order valence-electron chi connectivity index (χ2n) is 5.38. The Labute approximate surface area is 143 Å². The lowest BCUT2D eigenvalue weighted by atomic mass is 10.1. The van der Waals surface area contributed by atoms with E-state index in [9.17, 15) is 18.8 Å². The van der Waals surface area contributed by atoms with Crippen molar-refractivity contribution in [1.29, 1.82) is 0 Å². The first-order valence-electron chi connectivity index (χ1n) is 7.46. The molecule has 0 spiro atoms. The van der Waals surface area contributed by atoms with Gasteiger partial charge in [0.25, 0.3) is 5.91 Å². The number of nitrogens with two attached hydrogens (primary N) is 1. The minimum absolute atomic E-state index is 0.0780. The molecule has 2 rings (SSSR count). The van der Waals surface area contributed by atoms with Crippen molar-refractivity contribution < 1.29 is 23.5 Å². The average Bonchev–Trinajstić information content (AvgIpc) is 2.55. The van der Waals surface area contributed by atoms with E-state index in [0.29, 0.717) is 16.8 Å². The van der Waals surface area contributed by atoms with E-state index in [4.69, 9.17) is 10.5 Å². The molecule has 0 unspecified atom stereocenters. The fourth-order valence-corrected chi connectivity index (χ4v) is 2.18. The Morgan fingerprint density at radius 2 is 1.68 bits per heavy atom. The fourth-order valence-electron chi connectivity index (χ4n) is 2.18. The molecule has 7 heteroatoms. The van der Waals surface area contributed by atoms with Crippen molar-refractivity contribution in [3.63, 3.8) is 0 Å². The van der Waals surface area contributed by atoms with E-state index in [-0.39, 0.29) is 12.3 Å². The van der Waals surface area contributed by atoms with Crippen LogP contribution in [-0.2, 0) is 25.5 Å². The van der Waals surface area contributed by atoms with Gasteiger partial charge in [-0.25, -0.2) is 4.39 Å². The minimum atomic E-state index is -1.29. The molecule has 0 saturated heterocycles. The largest absolute Gasteiger partial charge is 0.447 e. The monoisotopic (exact) mass is 344 g/mol. The molecule has 0 saturated carbocycles. The zero-order valence-electron chi connectivity index (χ0n) is 13.5. The van der Waals surface area contributed by atoms with Gasteiger partial charge in [0.15, 0.2) is 0 Å². The molecule has 0 radical (unpaired) electrons. The predicted molar refractivity (Wildman–Crippen MR) is 88.9 cm³/mol. The van der Waals surface area contributed by atoms with Crippen molar-refractivity contribution >= 4 is 23.5 Å². The highest BCUT2D eigenvalue weighted by molar-refractivity contribution is 5.88. The first-order chi connectivity index (χ1) is 11.8. The molecule has 0 fully saturated rings. The van der Waals surface area contributed by atoms with Crippen LogP contribution in [0, 0.1) is 5.82 Å². The standard InChI is InChI=1S/C18H17FN2O4/c1-11(22)21-15-8-2-12(3-9-15)10-16(23)25-17(18(20)24)13-4-6-14(19)7-5-13/h2-9,17H,10H2,1H3,(H2,20,24)(H,21,22)/t17-/m0/s1. The number of hydrogen-bond acceptors (Lipinski definition) is 4. The number of halogens is 1. The van der Waals surface area contributed by atoms with Crippen molar-refractivity contribution in [2.45, 2.75) is 19.4 Å². The zero-order chi connectivity index (χ0) is 18.4. The fraction of sp³-hybridized carbons (Fsp3) is 0.167. The van der Waals surface area contributed by atoms with E-state index in [1.807, 2.05) is 0 Å². The van der Waals surface area contributed by atoms with Crippen LogP contribution in [0.3, 0.4) is 0 Å². The second-order valence-corrected chi connectivity index (χ2v) is 5.38. The Bertz CT molecular complexity index is 773.